The van der Waals surface area contributed by atoms with Crippen LogP contribution in [-0.4, -0.2) is 42.3 Å². The molecule has 1 saturated heterocycles. The summed E-state index contributed by atoms with van der Waals surface area (Å²) >= 11 is 0. The first-order chi connectivity index (χ1) is 8.09. The Hall–Kier alpha value is -0.120. The maximum absolute atomic E-state index is 6.14. The second-order valence-corrected chi connectivity index (χ2v) is 6.08. The second kappa shape index (κ2) is 5.25. The molecular weight excluding hydrogens is 212 g/mol. The lowest BCUT2D eigenvalue weighted by Gasteiger charge is -2.49. The molecule has 17 heavy (non-hydrogen) atoms. The lowest BCUT2D eigenvalue weighted by Crippen LogP contribution is -2.60. The van der Waals surface area contributed by atoms with E-state index in [0.29, 0.717) is 12.2 Å². The summed E-state index contributed by atoms with van der Waals surface area (Å²) in [6.07, 6.45) is 5.70. The molecule has 1 aliphatic heterocycles. The molecule has 0 amide bonds. The van der Waals surface area contributed by atoms with E-state index in [0.717, 1.165) is 31.8 Å². The molecule has 1 aliphatic carbocycles. The van der Waals surface area contributed by atoms with Crippen molar-refractivity contribution in [3.8, 4) is 0 Å². The van der Waals surface area contributed by atoms with Gasteiger partial charge in [-0.3, -0.25) is 4.90 Å². The first-order valence-corrected chi connectivity index (χ1v) is 7.20. The van der Waals surface area contributed by atoms with Crippen molar-refractivity contribution in [1.82, 2.24) is 4.90 Å². The topological polar surface area (TPSA) is 38.5 Å². The van der Waals surface area contributed by atoms with Crippen LogP contribution in [0.2, 0.25) is 0 Å². The highest BCUT2D eigenvalue weighted by atomic mass is 16.5. The van der Waals surface area contributed by atoms with Crippen LogP contribution in [0.3, 0.4) is 0 Å². The van der Waals surface area contributed by atoms with Gasteiger partial charge in [0.2, 0.25) is 0 Å². The second-order valence-electron chi connectivity index (χ2n) is 6.08. The van der Waals surface area contributed by atoms with Crippen LogP contribution in [0.5, 0.6) is 0 Å². The van der Waals surface area contributed by atoms with Crippen LogP contribution in [0, 0.1) is 5.92 Å². The van der Waals surface area contributed by atoms with Gasteiger partial charge in [0, 0.05) is 18.6 Å². The number of nitrogens with zero attached hydrogens (tertiary/aromatic N) is 1. The van der Waals surface area contributed by atoms with Crippen molar-refractivity contribution in [1.29, 1.82) is 0 Å². The molecule has 3 heteroatoms. The van der Waals surface area contributed by atoms with Crippen LogP contribution < -0.4 is 5.73 Å². The molecule has 2 aliphatic rings. The Morgan fingerprint density at radius 3 is 2.24 bits per heavy atom. The van der Waals surface area contributed by atoms with Gasteiger partial charge in [0.1, 0.15) is 0 Å². The Labute approximate surface area is 106 Å². The molecule has 1 saturated carbocycles. The predicted molar refractivity (Wildman–Crippen MR) is 71.0 cm³/mol. The molecule has 1 heterocycles. The van der Waals surface area contributed by atoms with E-state index in [1.165, 1.54) is 19.4 Å². The monoisotopic (exact) mass is 240 g/mol. The van der Waals surface area contributed by atoms with Crippen LogP contribution in [0.15, 0.2) is 0 Å². The summed E-state index contributed by atoms with van der Waals surface area (Å²) in [5.41, 5.74) is 6.33. The highest BCUT2D eigenvalue weighted by Crippen LogP contribution is 2.37. The third kappa shape index (κ3) is 3.01. The van der Waals surface area contributed by atoms with E-state index in [-0.39, 0.29) is 5.54 Å². The average Bonchev–Trinajstić information content (AvgIpc) is 3.08. The van der Waals surface area contributed by atoms with Gasteiger partial charge in [0.05, 0.1) is 12.2 Å². The molecular formula is C14H28N2O. The van der Waals surface area contributed by atoms with E-state index < -0.39 is 0 Å². The van der Waals surface area contributed by atoms with E-state index in [1.807, 2.05) is 0 Å². The number of nitrogens with two attached hydrogens (primary N) is 1. The number of ether oxygens (including phenoxy) is 1. The molecule has 0 aromatic heterocycles. The maximum atomic E-state index is 6.14. The molecule has 2 rings (SSSR count). The van der Waals surface area contributed by atoms with E-state index in [4.69, 9.17) is 10.5 Å². The molecule has 2 fully saturated rings. The van der Waals surface area contributed by atoms with Gasteiger partial charge in [-0.25, -0.2) is 0 Å². The Bertz CT molecular complexity index is 243. The molecule has 0 radical (unpaired) electrons. The van der Waals surface area contributed by atoms with Crippen LogP contribution in [0.1, 0.15) is 46.5 Å². The summed E-state index contributed by atoms with van der Waals surface area (Å²) in [7, 11) is 0. The Kier molecular flexibility index (Phi) is 4.11. The summed E-state index contributed by atoms with van der Waals surface area (Å²) < 4.78 is 5.88. The van der Waals surface area contributed by atoms with E-state index in [1.54, 1.807) is 0 Å². The minimum atomic E-state index is 0.189. The molecule has 3 nitrogen and oxygen atoms in total. The standard InChI is InChI=1S/C14H28N2O/c1-4-16(9-13-5-6-13)14(10-15)7-11(2)17-12(3)8-14/h11-13H,4-10,15H2,1-3H3. The van der Waals surface area contributed by atoms with Crippen molar-refractivity contribution in [2.24, 2.45) is 11.7 Å². The number of hydrogen-bond donors (Lipinski definition) is 1. The van der Waals surface area contributed by atoms with Gasteiger partial charge in [-0.05, 0) is 52.0 Å². The maximum Gasteiger partial charge on any atom is 0.0568 e. The van der Waals surface area contributed by atoms with Crippen molar-refractivity contribution in [2.75, 3.05) is 19.6 Å². The Balaban J connectivity index is 2.08. The van der Waals surface area contributed by atoms with Crippen molar-refractivity contribution in [3.05, 3.63) is 0 Å². The van der Waals surface area contributed by atoms with Crippen molar-refractivity contribution < 1.29 is 4.74 Å². The number of hydrogen-bond acceptors (Lipinski definition) is 3. The zero-order valence-corrected chi connectivity index (χ0v) is 11.6. The van der Waals surface area contributed by atoms with Crippen molar-refractivity contribution in [3.63, 3.8) is 0 Å². The zero-order valence-electron chi connectivity index (χ0n) is 11.6. The molecule has 2 atom stereocenters. The van der Waals surface area contributed by atoms with Gasteiger partial charge >= 0.3 is 0 Å². The molecule has 0 spiro atoms. The third-order valence-corrected chi connectivity index (χ3v) is 4.41. The SMILES string of the molecule is CCN(CC1CC1)C1(CN)CC(C)OC(C)C1. The molecule has 2 unspecified atom stereocenters. The number of likely N-dealkylation sites (N-methyl/N-ethyl adjacent to an activating group) is 1. The summed E-state index contributed by atoms with van der Waals surface area (Å²) in [6, 6.07) is 0. The van der Waals surface area contributed by atoms with E-state index >= 15 is 0 Å². The average molecular weight is 240 g/mol. The normalized spacial score (nSPS) is 38.6. The Morgan fingerprint density at radius 1 is 1.24 bits per heavy atom. The highest BCUT2D eigenvalue weighted by molar-refractivity contribution is 4.98. The first-order valence-electron chi connectivity index (χ1n) is 7.20. The largest absolute Gasteiger partial charge is 0.375 e. The fourth-order valence-electron chi connectivity index (χ4n) is 3.47. The van der Waals surface area contributed by atoms with Gasteiger partial charge < -0.3 is 10.5 Å². The van der Waals surface area contributed by atoms with Crippen LogP contribution in [0.25, 0.3) is 0 Å². The zero-order chi connectivity index (χ0) is 12.5. The first kappa shape index (κ1) is 13.3. The van der Waals surface area contributed by atoms with Crippen LogP contribution in [-0.2, 0) is 4.74 Å². The van der Waals surface area contributed by atoms with Crippen molar-refractivity contribution in [2.45, 2.75) is 64.2 Å². The smallest absolute Gasteiger partial charge is 0.0568 e. The van der Waals surface area contributed by atoms with Gasteiger partial charge in [0.15, 0.2) is 0 Å². The summed E-state index contributed by atoms with van der Waals surface area (Å²) in [4.78, 5) is 2.64. The molecule has 0 aromatic carbocycles. The summed E-state index contributed by atoms with van der Waals surface area (Å²) in [5, 5.41) is 0. The molecule has 2 N–H and O–H groups in total. The molecule has 0 aromatic rings. The van der Waals surface area contributed by atoms with E-state index in [2.05, 4.69) is 25.7 Å². The summed E-state index contributed by atoms with van der Waals surface area (Å²) in [6.45, 7) is 9.77. The van der Waals surface area contributed by atoms with Gasteiger partial charge in [-0.2, -0.15) is 0 Å². The van der Waals surface area contributed by atoms with Gasteiger partial charge in [-0.1, -0.05) is 6.92 Å². The molecule has 0 bridgehead atoms. The number of rotatable bonds is 5. The lowest BCUT2D eigenvalue weighted by atomic mass is 9.82. The highest BCUT2D eigenvalue weighted by Gasteiger charge is 2.43. The fourth-order valence-corrected chi connectivity index (χ4v) is 3.47. The fraction of sp³-hybridized carbons (Fsp3) is 1.00. The van der Waals surface area contributed by atoms with E-state index in [9.17, 15) is 0 Å². The Morgan fingerprint density at radius 2 is 1.82 bits per heavy atom. The quantitative estimate of drug-likeness (QED) is 0.799. The lowest BCUT2D eigenvalue weighted by molar-refractivity contribution is -0.103. The van der Waals surface area contributed by atoms with Crippen molar-refractivity contribution >= 4 is 0 Å². The third-order valence-electron chi connectivity index (χ3n) is 4.41. The van der Waals surface area contributed by atoms with Crippen LogP contribution in [0.4, 0.5) is 0 Å². The van der Waals surface area contributed by atoms with Crippen LogP contribution >= 0.6 is 0 Å². The minimum absolute atomic E-state index is 0.189. The summed E-state index contributed by atoms with van der Waals surface area (Å²) in [5.74, 6) is 0.937. The van der Waals surface area contributed by atoms with Gasteiger partial charge in [0.25, 0.3) is 0 Å². The predicted octanol–water partition coefficient (Wildman–Crippen LogP) is 2.00. The minimum Gasteiger partial charge on any atom is -0.375 e. The molecule has 100 valence electrons. The van der Waals surface area contributed by atoms with Gasteiger partial charge in [-0.15, -0.1) is 0 Å².